The second kappa shape index (κ2) is 8.92. The third-order valence-corrected chi connectivity index (χ3v) is 1.35. The Morgan fingerprint density at radius 2 is 1.90 bits per heavy atom. The molecule has 2 N–H and O–H groups in total. The minimum absolute atomic E-state index is 0. The quantitative estimate of drug-likeness (QED) is 0.633. The van der Waals surface area contributed by atoms with Gasteiger partial charge in [0, 0.05) is 0 Å². The van der Waals surface area contributed by atoms with Crippen LogP contribution < -0.4 is 5.73 Å². The summed E-state index contributed by atoms with van der Waals surface area (Å²) in [5.41, 5.74) is 5.35. The van der Waals surface area contributed by atoms with Gasteiger partial charge < -0.3 is 10.6 Å². The molecule has 0 rings (SSSR count). The van der Waals surface area contributed by atoms with Crippen molar-refractivity contribution in [2.45, 2.75) is 27.2 Å². The van der Waals surface area contributed by atoms with E-state index in [2.05, 4.69) is 18.9 Å². The van der Waals surface area contributed by atoms with Gasteiger partial charge in [-0.1, -0.05) is 14.4 Å². The maximum absolute atomic E-state index is 5.35. The summed E-state index contributed by atoms with van der Waals surface area (Å²) in [5.74, 6) is 0. The van der Waals surface area contributed by atoms with Gasteiger partial charge in [0.1, 0.15) is 0 Å². The molecular weight excluding hydrogens is 124 g/mol. The predicted octanol–water partition coefficient (Wildman–Crippen LogP) is 1.31. The highest BCUT2D eigenvalue weighted by molar-refractivity contribution is 4.49. The lowest BCUT2D eigenvalue weighted by Crippen LogP contribution is -2.22. The molecule has 0 aliphatic heterocycles. The Morgan fingerprint density at radius 1 is 1.30 bits per heavy atom. The molecule has 0 amide bonds. The van der Waals surface area contributed by atoms with Crippen LogP contribution in [0.15, 0.2) is 0 Å². The summed E-state index contributed by atoms with van der Waals surface area (Å²) < 4.78 is 0. The Balaban J connectivity index is 0. The maximum atomic E-state index is 5.35. The Morgan fingerprint density at radius 3 is 2.30 bits per heavy atom. The van der Waals surface area contributed by atoms with E-state index >= 15 is 0 Å². The van der Waals surface area contributed by atoms with Gasteiger partial charge in [-0.05, 0) is 39.5 Å². The van der Waals surface area contributed by atoms with Crippen molar-refractivity contribution in [3.05, 3.63) is 0 Å². The number of hydrogen-bond donors (Lipinski definition) is 1. The van der Waals surface area contributed by atoms with Crippen LogP contribution in [0.5, 0.6) is 0 Å². The normalized spacial score (nSPS) is 9.60. The van der Waals surface area contributed by atoms with E-state index in [1.165, 1.54) is 13.0 Å². The smallest absolute Gasteiger partial charge is 0.000977 e. The SMILES string of the molecule is C.CCCN(C)CCCN. The van der Waals surface area contributed by atoms with Gasteiger partial charge in [0.2, 0.25) is 0 Å². The van der Waals surface area contributed by atoms with Gasteiger partial charge in [-0.25, -0.2) is 0 Å². The number of nitrogens with two attached hydrogens (primary N) is 1. The van der Waals surface area contributed by atoms with Crippen LogP contribution in [0.4, 0.5) is 0 Å². The van der Waals surface area contributed by atoms with Crippen molar-refractivity contribution >= 4 is 0 Å². The molecule has 10 heavy (non-hydrogen) atoms. The molecule has 0 aliphatic rings. The van der Waals surface area contributed by atoms with Crippen molar-refractivity contribution in [3.8, 4) is 0 Å². The average Bonchev–Trinajstić information content (AvgIpc) is 1.85. The highest BCUT2D eigenvalue weighted by Gasteiger charge is 1.92. The molecule has 0 saturated heterocycles. The summed E-state index contributed by atoms with van der Waals surface area (Å²) in [6.45, 7) is 5.34. The molecule has 0 aliphatic carbocycles. The van der Waals surface area contributed by atoms with Gasteiger partial charge in [-0.15, -0.1) is 0 Å². The van der Waals surface area contributed by atoms with Crippen molar-refractivity contribution < 1.29 is 0 Å². The van der Waals surface area contributed by atoms with Crippen LogP contribution in [0.1, 0.15) is 27.2 Å². The highest BCUT2D eigenvalue weighted by Crippen LogP contribution is 1.86. The second-order valence-electron chi connectivity index (χ2n) is 2.45. The van der Waals surface area contributed by atoms with E-state index < -0.39 is 0 Å². The summed E-state index contributed by atoms with van der Waals surface area (Å²) in [7, 11) is 2.14. The molecule has 0 heterocycles. The van der Waals surface area contributed by atoms with E-state index in [9.17, 15) is 0 Å². The predicted molar refractivity (Wildman–Crippen MR) is 48.2 cm³/mol. The summed E-state index contributed by atoms with van der Waals surface area (Å²) >= 11 is 0. The van der Waals surface area contributed by atoms with Gasteiger partial charge in [-0.2, -0.15) is 0 Å². The van der Waals surface area contributed by atoms with Crippen molar-refractivity contribution in [1.29, 1.82) is 0 Å². The molecule has 2 heteroatoms. The third kappa shape index (κ3) is 7.92. The van der Waals surface area contributed by atoms with Crippen molar-refractivity contribution in [1.82, 2.24) is 4.90 Å². The molecule has 2 nitrogen and oxygen atoms in total. The van der Waals surface area contributed by atoms with Crippen LogP contribution in [0.2, 0.25) is 0 Å². The Hall–Kier alpha value is -0.0800. The molecular formula is C8H22N2. The van der Waals surface area contributed by atoms with Gasteiger partial charge >= 0.3 is 0 Å². The minimum Gasteiger partial charge on any atom is -0.330 e. The van der Waals surface area contributed by atoms with Gasteiger partial charge in [0.05, 0.1) is 0 Å². The van der Waals surface area contributed by atoms with Gasteiger partial charge in [0.15, 0.2) is 0 Å². The average molecular weight is 146 g/mol. The zero-order chi connectivity index (χ0) is 7.11. The van der Waals surface area contributed by atoms with E-state index in [0.29, 0.717) is 0 Å². The third-order valence-electron chi connectivity index (χ3n) is 1.35. The van der Waals surface area contributed by atoms with E-state index in [1.807, 2.05) is 0 Å². The second-order valence-corrected chi connectivity index (χ2v) is 2.45. The maximum Gasteiger partial charge on any atom is -0.000977 e. The molecule has 0 fully saturated rings. The highest BCUT2D eigenvalue weighted by atomic mass is 15.1. The Kier molecular flexibility index (Phi) is 11.2. The summed E-state index contributed by atoms with van der Waals surface area (Å²) in [6, 6.07) is 0. The lowest BCUT2D eigenvalue weighted by atomic mass is 10.3. The first kappa shape index (κ1) is 12.6. The van der Waals surface area contributed by atoms with E-state index in [1.54, 1.807) is 0 Å². The lowest BCUT2D eigenvalue weighted by Gasteiger charge is -2.13. The summed E-state index contributed by atoms with van der Waals surface area (Å²) in [6.07, 6.45) is 2.36. The van der Waals surface area contributed by atoms with Crippen molar-refractivity contribution in [2.24, 2.45) is 5.73 Å². The van der Waals surface area contributed by atoms with Gasteiger partial charge in [-0.3, -0.25) is 0 Å². The first-order valence-corrected chi connectivity index (χ1v) is 3.70. The number of rotatable bonds is 5. The van der Waals surface area contributed by atoms with Crippen LogP contribution in [0.3, 0.4) is 0 Å². The molecule has 0 radical (unpaired) electrons. The van der Waals surface area contributed by atoms with Crippen LogP contribution in [-0.2, 0) is 0 Å². The molecule has 0 saturated carbocycles. The van der Waals surface area contributed by atoms with Crippen molar-refractivity contribution in [2.75, 3.05) is 26.7 Å². The van der Waals surface area contributed by atoms with Crippen molar-refractivity contribution in [3.63, 3.8) is 0 Å². The molecule has 0 spiro atoms. The van der Waals surface area contributed by atoms with E-state index in [0.717, 1.165) is 19.5 Å². The molecule has 0 unspecified atom stereocenters. The summed E-state index contributed by atoms with van der Waals surface area (Å²) in [5, 5.41) is 0. The van der Waals surface area contributed by atoms with E-state index in [-0.39, 0.29) is 7.43 Å². The zero-order valence-corrected chi connectivity index (χ0v) is 6.56. The van der Waals surface area contributed by atoms with Crippen LogP contribution in [0.25, 0.3) is 0 Å². The molecule has 0 bridgehead atoms. The molecule has 0 aromatic carbocycles. The van der Waals surface area contributed by atoms with Crippen LogP contribution in [-0.4, -0.2) is 31.6 Å². The molecule has 0 aromatic heterocycles. The monoisotopic (exact) mass is 146 g/mol. The first-order valence-electron chi connectivity index (χ1n) is 3.70. The Labute approximate surface area is 65.4 Å². The van der Waals surface area contributed by atoms with Crippen LogP contribution >= 0.6 is 0 Å². The van der Waals surface area contributed by atoms with Crippen LogP contribution in [0, 0.1) is 0 Å². The standard InChI is InChI=1S/C7H18N2.CH4/c1-3-6-9(2)7-4-5-8;/h3-8H2,1-2H3;1H4. The largest absolute Gasteiger partial charge is 0.330 e. The zero-order valence-electron chi connectivity index (χ0n) is 6.56. The lowest BCUT2D eigenvalue weighted by molar-refractivity contribution is 0.332. The first-order chi connectivity index (χ1) is 4.31. The topological polar surface area (TPSA) is 29.3 Å². The molecule has 0 aromatic rings. The fraction of sp³-hybridized carbons (Fsp3) is 1.00. The van der Waals surface area contributed by atoms with E-state index in [4.69, 9.17) is 5.73 Å². The van der Waals surface area contributed by atoms with Gasteiger partial charge in [0.25, 0.3) is 0 Å². The fourth-order valence-electron chi connectivity index (χ4n) is 0.855. The Bertz CT molecular complexity index is 55.2. The summed E-state index contributed by atoms with van der Waals surface area (Å²) in [4.78, 5) is 2.31. The fourth-order valence-corrected chi connectivity index (χ4v) is 0.855. The number of hydrogen-bond acceptors (Lipinski definition) is 2. The minimum atomic E-state index is 0. The molecule has 64 valence electrons. The molecule has 0 atom stereocenters. The number of nitrogens with zero attached hydrogens (tertiary/aromatic N) is 1.